The number of nitrogens with two attached hydrogens (primary N) is 1. The van der Waals surface area contributed by atoms with Gasteiger partial charge in [0.2, 0.25) is 0 Å². The Bertz CT molecular complexity index is 440. The van der Waals surface area contributed by atoms with E-state index in [9.17, 15) is 4.79 Å². The molecule has 1 aliphatic heterocycles. The zero-order valence-corrected chi connectivity index (χ0v) is 11.4. The highest BCUT2D eigenvalue weighted by atomic mass is 16.5. The molecule has 0 unspecified atom stereocenters. The van der Waals surface area contributed by atoms with Crippen LogP contribution in [0.2, 0.25) is 0 Å². The number of ether oxygens (including phenoxy) is 1. The van der Waals surface area contributed by atoms with Gasteiger partial charge in [-0.3, -0.25) is 4.79 Å². The first-order valence-corrected chi connectivity index (χ1v) is 6.84. The number of nitrogen functional groups attached to an aromatic ring is 1. The van der Waals surface area contributed by atoms with Crippen LogP contribution in [0.1, 0.15) is 25.3 Å². The number of carbonyl (C=O) groups excluding carboxylic acids is 1. The van der Waals surface area contributed by atoms with Crippen LogP contribution >= 0.6 is 0 Å². The minimum atomic E-state index is 0.155. The number of ketones is 1. The monoisotopic (exact) mass is 262 g/mol. The molecule has 0 aromatic heterocycles. The molecule has 0 bridgehead atoms. The van der Waals surface area contributed by atoms with E-state index in [0.717, 1.165) is 43.9 Å². The van der Waals surface area contributed by atoms with E-state index in [4.69, 9.17) is 10.5 Å². The molecule has 0 saturated carbocycles. The molecule has 1 aliphatic rings. The van der Waals surface area contributed by atoms with Crippen LogP contribution in [0, 0.1) is 5.92 Å². The van der Waals surface area contributed by atoms with E-state index in [2.05, 4.69) is 5.32 Å². The van der Waals surface area contributed by atoms with Gasteiger partial charge in [0.05, 0.1) is 11.4 Å². The van der Waals surface area contributed by atoms with Crippen LogP contribution in [0.4, 0.5) is 11.4 Å². The summed E-state index contributed by atoms with van der Waals surface area (Å²) in [5, 5.41) is 3.40. The van der Waals surface area contributed by atoms with E-state index in [1.807, 2.05) is 18.2 Å². The number of hydrogen-bond donors (Lipinski definition) is 2. The number of benzene rings is 1. The summed E-state index contributed by atoms with van der Waals surface area (Å²) in [6.07, 6.45) is 2.66. The van der Waals surface area contributed by atoms with Crippen LogP contribution in [0.3, 0.4) is 0 Å². The molecular weight excluding hydrogens is 240 g/mol. The van der Waals surface area contributed by atoms with E-state index in [1.165, 1.54) is 0 Å². The molecule has 4 nitrogen and oxygen atoms in total. The molecule has 1 aromatic rings. The zero-order chi connectivity index (χ0) is 13.7. The van der Waals surface area contributed by atoms with Crippen LogP contribution in [-0.4, -0.2) is 25.5 Å². The SMILES string of the molecule is CC(=O)Cc1ccc(NCC2CCOCC2)c(N)c1. The van der Waals surface area contributed by atoms with E-state index < -0.39 is 0 Å². The van der Waals surface area contributed by atoms with Crippen molar-refractivity contribution in [2.45, 2.75) is 26.2 Å². The zero-order valence-electron chi connectivity index (χ0n) is 11.4. The number of hydrogen-bond acceptors (Lipinski definition) is 4. The fourth-order valence-corrected chi connectivity index (χ4v) is 2.38. The maximum atomic E-state index is 11.1. The third kappa shape index (κ3) is 4.24. The summed E-state index contributed by atoms with van der Waals surface area (Å²) in [7, 11) is 0. The first-order valence-electron chi connectivity index (χ1n) is 6.84. The summed E-state index contributed by atoms with van der Waals surface area (Å²) in [6, 6.07) is 5.81. The Morgan fingerprint density at radius 2 is 2.16 bits per heavy atom. The van der Waals surface area contributed by atoms with Gasteiger partial charge in [0.25, 0.3) is 0 Å². The van der Waals surface area contributed by atoms with Crippen molar-refractivity contribution in [3.63, 3.8) is 0 Å². The van der Waals surface area contributed by atoms with Gasteiger partial charge in [0.15, 0.2) is 0 Å². The van der Waals surface area contributed by atoms with Gasteiger partial charge >= 0.3 is 0 Å². The van der Waals surface area contributed by atoms with Crippen molar-refractivity contribution in [1.29, 1.82) is 0 Å². The highest BCUT2D eigenvalue weighted by Gasteiger charge is 2.13. The minimum Gasteiger partial charge on any atom is -0.397 e. The Kier molecular flexibility index (Phi) is 4.80. The smallest absolute Gasteiger partial charge is 0.134 e. The summed E-state index contributed by atoms with van der Waals surface area (Å²) >= 11 is 0. The summed E-state index contributed by atoms with van der Waals surface area (Å²) in [5.74, 6) is 0.812. The first-order chi connectivity index (χ1) is 9.15. The Balaban J connectivity index is 1.91. The lowest BCUT2D eigenvalue weighted by Gasteiger charge is -2.23. The molecule has 2 rings (SSSR count). The van der Waals surface area contributed by atoms with Crippen LogP contribution in [0.5, 0.6) is 0 Å². The number of anilines is 2. The molecule has 0 atom stereocenters. The average Bonchev–Trinajstić information content (AvgIpc) is 2.38. The van der Waals surface area contributed by atoms with Gasteiger partial charge in [-0.05, 0) is 43.4 Å². The van der Waals surface area contributed by atoms with Gasteiger partial charge in [0, 0.05) is 26.2 Å². The lowest BCUT2D eigenvalue weighted by atomic mass is 10.00. The summed E-state index contributed by atoms with van der Waals surface area (Å²) in [5.41, 5.74) is 8.66. The molecule has 0 amide bonds. The standard InChI is InChI=1S/C15H22N2O2/c1-11(18)8-13-2-3-15(14(16)9-13)17-10-12-4-6-19-7-5-12/h2-3,9,12,17H,4-8,10,16H2,1H3. The van der Waals surface area contributed by atoms with Crippen molar-refractivity contribution in [3.8, 4) is 0 Å². The second-order valence-corrected chi connectivity index (χ2v) is 5.24. The molecule has 1 heterocycles. The molecule has 3 N–H and O–H groups in total. The Labute approximate surface area is 114 Å². The number of nitrogens with one attached hydrogen (secondary N) is 1. The van der Waals surface area contributed by atoms with Gasteiger partial charge in [-0.1, -0.05) is 6.07 Å². The summed E-state index contributed by atoms with van der Waals surface area (Å²) in [6.45, 7) is 4.24. The molecule has 0 radical (unpaired) electrons. The first kappa shape index (κ1) is 13.9. The molecule has 0 spiro atoms. The third-order valence-electron chi connectivity index (χ3n) is 3.49. The summed E-state index contributed by atoms with van der Waals surface area (Å²) < 4.78 is 5.34. The second kappa shape index (κ2) is 6.57. The van der Waals surface area contributed by atoms with E-state index in [0.29, 0.717) is 18.0 Å². The lowest BCUT2D eigenvalue weighted by molar-refractivity contribution is -0.116. The predicted molar refractivity (Wildman–Crippen MR) is 77.3 cm³/mol. The number of rotatable bonds is 5. The van der Waals surface area contributed by atoms with Crippen molar-refractivity contribution in [1.82, 2.24) is 0 Å². The Morgan fingerprint density at radius 1 is 1.42 bits per heavy atom. The summed E-state index contributed by atoms with van der Waals surface area (Å²) in [4.78, 5) is 11.1. The average molecular weight is 262 g/mol. The van der Waals surface area contributed by atoms with Gasteiger partial charge in [0.1, 0.15) is 5.78 Å². The molecule has 1 fully saturated rings. The van der Waals surface area contributed by atoms with E-state index in [-0.39, 0.29) is 5.78 Å². The van der Waals surface area contributed by atoms with E-state index >= 15 is 0 Å². The van der Waals surface area contributed by atoms with E-state index in [1.54, 1.807) is 6.92 Å². The van der Waals surface area contributed by atoms with Crippen LogP contribution < -0.4 is 11.1 Å². The van der Waals surface area contributed by atoms with Gasteiger partial charge in [-0.15, -0.1) is 0 Å². The van der Waals surface area contributed by atoms with Gasteiger partial charge in [-0.25, -0.2) is 0 Å². The third-order valence-corrected chi connectivity index (χ3v) is 3.49. The largest absolute Gasteiger partial charge is 0.397 e. The maximum absolute atomic E-state index is 11.1. The Hall–Kier alpha value is -1.55. The van der Waals surface area contributed by atoms with Gasteiger partial charge < -0.3 is 15.8 Å². The predicted octanol–water partition coefficient (Wildman–Crippen LogP) is 2.24. The molecule has 1 saturated heterocycles. The molecule has 104 valence electrons. The van der Waals surface area contributed by atoms with Crippen molar-refractivity contribution in [2.75, 3.05) is 30.8 Å². The maximum Gasteiger partial charge on any atom is 0.134 e. The fraction of sp³-hybridized carbons (Fsp3) is 0.533. The fourth-order valence-electron chi connectivity index (χ4n) is 2.38. The topological polar surface area (TPSA) is 64.3 Å². The van der Waals surface area contributed by atoms with Crippen molar-refractivity contribution < 1.29 is 9.53 Å². The van der Waals surface area contributed by atoms with Crippen LogP contribution in [-0.2, 0) is 16.0 Å². The van der Waals surface area contributed by atoms with Crippen molar-refractivity contribution >= 4 is 17.2 Å². The number of carbonyl (C=O) groups is 1. The normalized spacial score (nSPS) is 16.3. The van der Waals surface area contributed by atoms with Crippen LogP contribution in [0.15, 0.2) is 18.2 Å². The second-order valence-electron chi connectivity index (χ2n) is 5.24. The highest BCUT2D eigenvalue weighted by Crippen LogP contribution is 2.22. The Morgan fingerprint density at radius 3 is 2.79 bits per heavy atom. The highest BCUT2D eigenvalue weighted by molar-refractivity contribution is 5.79. The molecule has 1 aromatic carbocycles. The van der Waals surface area contributed by atoms with Crippen molar-refractivity contribution in [3.05, 3.63) is 23.8 Å². The minimum absolute atomic E-state index is 0.155. The van der Waals surface area contributed by atoms with Crippen LogP contribution in [0.25, 0.3) is 0 Å². The molecule has 19 heavy (non-hydrogen) atoms. The van der Waals surface area contributed by atoms with Gasteiger partial charge in [-0.2, -0.15) is 0 Å². The quantitative estimate of drug-likeness (QED) is 0.799. The molecule has 0 aliphatic carbocycles. The van der Waals surface area contributed by atoms with Crippen molar-refractivity contribution in [2.24, 2.45) is 5.92 Å². The lowest BCUT2D eigenvalue weighted by Crippen LogP contribution is -2.22. The molecular formula is C15H22N2O2. The molecule has 4 heteroatoms. The number of Topliss-reactive ketones (excluding diaryl/α,β-unsaturated/α-hetero) is 1.